The highest BCUT2D eigenvalue weighted by Gasteiger charge is 2.60. The molecule has 0 aromatic heterocycles. The molecule has 0 saturated heterocycles. The van der Waals surface area contributed by atoms with Crippen LogP contribution >= 0.6 is 0 Å². The minimum atomic E-state index is -1.17. The molecule has 5 aliphatic rings. The van der Waals surface area contributed by atoms with Gasteiger partial charge in [0.15, 0.2) is 4.90 Å². The maximum Gasteiger partial charge on any atom is 0.153 e. The topological polar surface area (TPSA) is 23.1 Å². The standard InChI is InChI=1S/C50H36OS/c51-52(31-25-27-39-37-17-5-11-23-45(37)49(47(39)29-31)41-19-7-1-13-33(41)34-14-2-8-20-42(34)49)32-26-28-40-38-18-6-12-24-46(38)50(48(40)30-32)43-21-9-3-15-35(43)36-16-4-10-22-44(36)50/h1-25,27,29,32,40,48H,26,28,30H2. The van der Waals surface area contributed by atoms with Crippen molar-refractivity contribution in [3.05, 3.63) is 208 Å². The van der Waals surface area contributed by atoms with E-state index in [2.05, 4.69) is 164 Å². The summed E-state index contributed by atoms with van der Waals surface area (Å²) in [7, 11) is 0. The van der Waals surface area contributed by atoms with Crippen molar-refractivity contribution >= 4 is 11.2 Å². The molecule has 0 radical (unpaired) electrons. The molecular weight excluding hydrogens is 649 g/mol. The normalized spacial score (nSPS) is 21.8. The van der Waals surface area contributed by atoms with Crippen molar-refractivity contribution < 1.29 is 4.55 Å². The summed E-state index contributed by atoms with van der Waals surface area (Å²) in [6.45, 7) is 0. The Kier molecular flexibility index (Phi) is 5.93. The minimum absolute atomic E-state index is 0.0771. The van der Waals surface area contributed by atoms with Crippen molar-refractivity contribution in [1.29, 1.82) is 0 Å². The Balaban J connectivity index is 1.00. The van der Waals surface area contributed by atoms with Crippen LogP contribution in [0.25, 0.3) is 33.4 Å². The Bertz CT molecular complexity index is 2520. The second kappa shape index (κ2) is 10.5. The smallest absolute Gasteiger partial charge is 0.153 e. The zero-order chi connectivity index (χ0) is 34.2. The Morgan fingerprint density at radius 2 is 0.885 bits per heavy atom. The van der Waals surface area contributed by atoms with Gasteiger partial charge in [0.2, 0.25) is 0 Å². The van der Waals surface area contributed by atoms with Gasteiger partial charge < -0.3 is 4.55 Å². The molecule has 248 valence electrons. The molecule has 4 unspecified atom stereocenters. The van der Waals surface area contributed by atoms with Crippen molar-refractivity contribution in [1.82, 2.24) is 0 Å². The van der Waals surface area contributed by atoms with Crippen molar-refractivity contribution in [3.8, 4) is 33.4 Å². The van der Waals surface area contributed by atoms with E-state index in [-0.39, 0.29) is 10.7 Å². The van der Waals surface area contributed by atoms with Crippen molar-refractivity contribution in [2.45, 2.75) is 46.2 Å². The number of fused-ring (bicyclic) bond motifs is 20. The summed E-state index contributed by atoms with van der Waals surface area (Å²) in [5, 5.41) is 0.0771. The van der Waals surface area contributed by atoms with Gasteiger partial charge in [0.25, 0.3) is 0 Å². The lowest BCUT2D eigenvalue weighted by molar-refractivity contribution is 0.266. The Hall–Kier alpha value is -5.15. The quantitative estimate of drug-likeness (QED) is 0.166. The van der Waals surface area contributed by atoms with Crippen LogP contribution in [0, 0.1) is 5.92 Å². The van der Waals surface area contributed by atoms with E-state index in [1.54, 1.807) is 0 Å². The second-order valence-electron chi connectivity index (χ2n) is 15.5. The monoisotopic (exact) mass is 684 g/mol. The molecular formula is C50H36OS. The van der Waals surface area contributed by atoms with Crippen molar-refractivity contribution in [2.24, 2.45) is 5.92 Å². The van der Waals surface area contributed by atoms with Gasteiger partial charge in [0, 0.05) is 6.42 Å². The van der Waals surface area contributed by atoms with E-state index in [0.717, 1.165) is 24.2 Å². The van der Waals surface area contributed by atoms with Crippen LogP contribution in [0.4, 0.5) is 0 Å². The third-order valence-corrected chi connectivity index (χ3v) is 15.4. The van der Waals surface area contributed by atoms with Crippen LogP contribution in [0.15, 0.2) is 169 Å². The first-order valence-corrected chi connectivity index (χ1v) is 20.1. The molecule has 0 heterocycles. The summed E-state index contributed by atoms with van der Waals surface area (Å²) < 4.78 is 15.2. The zero-order valence-electron chi connectivity index (χ0n) is 28.8. The van der Waals surface area contributed by atoms with E-state index in [1.807, 2.05) is 0 Å². The average molecular weight is 685 g/mol. The fraction of sp³-hybridized carbons (Fsp3) is 0.160. The molecule has 12 rings (SSSR count). The minimum Gasteiger partial charge on any atom is -0.611 e. The van der Waals surface area contributed by atoms with Gasteiger partial charge >= 0.3 is 0 Å². The summed E-state index contributed by atoms with van der Waals surface area (Å²) in [4.78, 5) is 0.966. The summed E-state index contributed by atoms with van der Waals surface area (Å²) in [5.74, 6) is 0.795. The van der Waals surface area contributed by atoms with Crippen LogP contribution in [0.3, 0.4) is 0 Å². The van der Waals surface area contributed by atoms with Gasteiger partial charge in [-0.1, -0.05) is 146 Å². The van der Waals surface area contributed by atoms with E-state index in [4.69, 9.17) is 0 Å². The Morgan fingerprint density at radius 3 is 1.44 bits per heavy atom. The third kappa shape index (κ3) is 3.42. The average Bonchev–Trinajstić information content (AvgIpc) is 3.89. The lowest BCUT2D eigenvalue weighted by atomic mass is 9.62. The van der Waals surface area contributed by atoms with E-state index in [0.29, 0.717) is 11.8 Å². The number of hydrogen-bond donors (Lipinski definition) is 0. The molecule has 0 N–H and O–H groups in total. The SMILES string of the molecule is [O-][S+](c1ccc2c(c1)C1(c3ccccc3-c3ccccc31)c1ccccc1-2)C1CCC2c3ccccc3C3(c4ccccc4-c4ccccc43)C2C1. The second-order valence-corrected chi connectivity index (χ2v) is 17.3. The maximum atomic E-state index is 15.2. The highest BCUT2D eigenvalue weighted by atomic mass is 32.2. The third-order valence-electron chi connectivity index (χ3n) is 13.6. The molecule has 7 aromatic rings. The van der Waals surface area contributed by atoms with Crippen molar-refractivity contribution in [3.63, 3.8) is 0 Å². The van der Waals surface area contributed by atoms with Gasteiger partial charge in [-0.15, -0.1) is 0 Å². The van der Waals surface area contributed by atoms with Crippen LogP contribution in [0.5, 0.6) is 0 Å². The first-order chi connectivity index (χ1) is 25.7. The largest absolute Gasteiger partial charge is 0.611 e. The summed E-state index contributed by atoms with van der Waals surface area (Å²) >= 11 is -1.17. The molecule has 0 amide bonds. The molecule has 5 aliphatic carbocycles. The Labute approximate surface area is 308 Å². The maximum absolute atomic E-state index is 15.2. The lowest BCUT2D eigenvalue weighted by Gasteiger charge is -2.42. The molecule has 4 atom stereocenters. The van der Waals surface area contributed by atoms with Gasteiger partial charge in [-0.2, -0.15) is 0 Å². The lowest BCUT2D eigenvalue weighted by Crippen LogP contribution is -2.40. The highest BCUT2D eigenvalue weighted by molar-refractivity contribution is 7.92. The summed E-state index contributed by atoms with van der Waals surface area (Å²) in [5.41, 5.74) is 18.3. The van der Waals surface area contributed by atoms with Gasteiger partial charge in [0.1, 0.15) is 5.25 Å². The summed E-state index contributed by atoms with van der Waals surface area (Å²) in [6.07, 6.45) is 2.96. The molecule has 1 nitrogen and oxygen atoms in total. The van der Waals surface area contributed by atoms with Gasteiger partial charge in [-0.05, 0) is 132 Å². The van der Waals surface area contributed by atoms with Crippen LogP contribution in [-0.2, 0) is 22.0 Å². The van der Waals surface area contributed by atoms with Gasteiger partial charge in [0.05, 0.1) is 10.8 Å². The fourth-order valence-corrected chi connectivity index (χ4v) is 13.5. The molecule has 1 fully saturated rings. The van der Waals surface area contributed by atoms with Crippen LogP contribution < -0.4 is 0 Å². The molecule has 2 heteroatoms. The molecule has 0 bridgehead atoms. The van der Waals surface area contributed by atoms with E-state index < -0.39 is 16.6 Å². The van der Waals surface area contributed by atoms with Crippen LogP contribution in [0.2, 0.25) is 0 Å². The predicted molar refractivity (Wildman–Crippen MR) is 211 cm³/mol. The molecule has 0 aliphatic heterocycles. The number of rotatable bonds is 2. The van der Waals surface area contributed by atoms with E-state index >= 15 is 4.55 Å². The number of hydrogen-bond acceptors (Lipinski definition) is 1. The predicted octanol–water partition coefficient (Wildman–Crippen LogP) is 11.4. The van der Waals surface area contributed by atoms with Crippen molar-refractivity contribution in [2.75, 3.05) is 0 Å². The van der Waals surface area contributed by atoms with E-state index in [1.165, 1.54) is 77.9 Å². The Morgan fingerprint density at radius 1 is 0.442 bits per heavy atom. The highest BCUT2D eigenvalue weighted by Crippen LogP contribution is 2.68. The molecule has 1 saturated carbocycles. The summed E-state index contributed by atoms with van der Waals surface area (Å²) in [6, 6.07) is 61.1. The molecule has 52 heavy (non-hydrogen) atoms. The van der Waals surface area contributed by atoms with Gasteiger partial charge in [-0.25, -0.2) is 0 Å². The molecule has 7 aromatic carbocycles. The van der Waals surface area contributed by atoms with Crippen LogP contribution in [0.1, 0.15) is 69.7 Å². The van der Waals surface area contributed by atoms with E-state index in [9.17, 15) is 0 Å². The first-order valence-electron chi connectivity index (χ1n) is 18.9. The fourth-order valence-electron chi connectivity index (χ4n) is 11.9. The first kappa shape index (κ1) is 29.4. The molecule has 2 spiro atoms. The number of benzene rings is 7. The zero-order valence-corrected chi connectivity index (χ0v) is 29.6. The van der Waals surface area contributed by atoms with Crippen LogP contribution in [-0.4, -0.2) is 9.80 Å². The van der Waals surface area contributed by atoms with Gasteiger partial charge in [-0.3, -0.25) is 0 Å².